The van der Waals surface area contributed by atoms with Crippen LogP contribution in [0.15, 0.2) is 12.1 Å². The van der Waals surface area contributed by atoms with E-state index in [0.717, 1.165) is 12.8 Å². The first kappa shape index (κ1) is 22.3. The summed E-state index contributed by atoms with van der Waals surface area (Å²) in [5.41, 5.74) is -0.0160. The summed E-state index contributed by atoms with van der Waals surface area (Å²) in [6.45, 7) is 1.74. The van der Waals surface area contributed by atoms with E-state index in [1.54, 1.807) is 0 Å². The first-order valence-electron chi connectivity index (χ1n) is 8.52. The van der Waals surface area contributed by atoms with Crippen LogP contribution >= 0.6 is 0 Å². The van der Waals surface area contributed by atoms with E-state index in [1.165, 1.54) is 26.4 Å². The van der Waals surface area contributed by atoms with Crippen molar-refractivity contribution in [2.24, 2.45) is 11.8 Å². The number of nitrogens with zero attached hydrogens (tertiary/aromatic N) is 3. The lowest BCUT2D eigenvalue weighted by atomic mass is 9.99. The minimum absolute atomic E-state index is 0.0160. The minimum Gasteiger partial charge on any atom is -0.481 e. The number of aromatic nitrogens is 1. The van der Waals surface area contributed by atoms with Crippen LogP contribution in [0.2, 0.25) is 0 Å². The van der Waals surface area contributed by atoms with Crippen LogP contribution in [-0.4, -0.2) is 59.3 Å². The highest BCUT2D eigenvalue weighted by Gasteiger charge is 2.30. The summed E-state index contributed by atoms with van der Waals surface area (Å²) in [6.07, 6.45) is 3.05. The summed E-state index contributed by atoms with van der Waals surface area (Å²) in [4.78, 5) is 40.0. The van der Waals surface area contributed by atoms with Gasteiger partial charge in [0, 0.05) is 6.07 Å². The van der Waals surface area contributed by atoms with E-state index < -0.39 is 17.7 Å². The van der Waals surface area contributed by atoms with Gasteiger partial charge in [0.2, 0.25) is 24.1 Å². The summed E-state index contributed by atoms with van der Waals surface area (Å²) in [6, 6.07) is 2.82. The molecule has 0 radical (unpaired) electrons. The number of hydrogen-bond donors (Lipinski definition) is 2. The average molecular weight is 382 g/mol. The Hall–Kier alpha value is -2.72. The Bertz CT molecular complexity index is 654. The van der Waals surface area contributed by atoms with E-state index in [1.807, 2.05) is 6.92 Å². The SMILES string of the molecule is CCCCC[C@H](CN(O)C=O)C(=O)N(N)C(=O)c1ccc(OC)nc1OC. The predicted octanol–water partition coefficient (Wildman–Crippen LogP) is 0.985. The average Bonchev–Trinajstić information content (AvgIpc) is 2.70. The highest BCUT2D eigenvalue weighted by atomic mass is 16.5. The molecule has 0 unspecified atom stereocenters. The Morgan fingerprint density at radius 3 is 2.56 bits per heavy atom. The number of nitrogens with two attached hydrogens (primary N) is 1. The topological polar surface area (TPSA) is 135 Å². The fourth-order valence-corrected chi connectivity index (χ4v) is 2.48. The second kappa shape index (κ2) is 11.1. The summed E-state index contributed by atoms with van der Waals surface area (Å²) in [5, 5.41) is 10.3. The van der Waals surface area contributed by atoms with Crippen LogP contribution in [0, 0.1) is 5.92 Å². The van der Waals surface area contributed by atoms with E-state index in [2.05, 4.69) is 4.98 Å². The van der Waals surface area contributed by atoms with Crippen LogP contribution < -0.4 is 15.3 Å². The lowest BCUT2D eigenvalue weighted by Gasteiger charge is -2.24. The van der Waals surface area contributed by atoms with Gasteiger partial charge in [0.1, 0.15) is 5.56 Å². The van der Waals surface area contributed by atoms with Gasteiger partial charge in [-0.1, -0.05) is 26.2 Å². The van der Waals surface area contributed by atoms with E-state index in [0.29, 0.717) is 22.9 Å². The maximum absolute atomic E-state index is 12.7. The molecule has 0 bridgehead atoms. The second-order valence-electron chi connectivity index (χ2n) is 5.84. The van der Waals surface area contributed by atoms with Gasteiger partial charge in [0.15, 0.2) is 0 Å². The first-order valence-corrected chi connectivity index (χ1v) is 8.52. The van der Waals surface area contributed by atoms with Crippen molar-refractivity contribution in [3.8, 4) is 11.8 Å². The third-order valence-corrected chi connectivity index (χ3v) is 3.96. The smallest absolute Gasteiger partial charge is 0.280 e. The van der Waals surface area contributed by atoms with Crippen molar-refractivity contribution in [1.29, 1.82) is 0 Å². The summed E-state index contributed by atoms with van der Waals surface area (Å²) in [7, 11) is 2.74. The van der Waals surface area contributed by atoms with E-state index in [9.17, 15) is 19.6 Å². The fraction of sp³-hybridized carbons (Fsp3) is 0.529. The molecular weight excluding hydrogens is 356 g/mol. The monoisotopic (exact) mass is 382 g/mol. The largest absolute Gasteiger partial charge is 0.481 e. The number of imide groups is 1. The molecule has 27 heavy (non-hydrogen) atoms. The van der Waals surface area contributed by atoms with Crippen molar-refractivity contribution >= 4 is 18.2 Å². The molecule has 0 aromatic carbocycles. The van der Waals surface area contributed by atoms with Gasteiger partial charge in [0.05, 0.1) is 26.7 Å². The van der Waals surface area contributed by atoms with Gasteiger partial charge in [-0.3, -0.25) is 19.6 Å². The minimum atomic E-state index is -0.821. The number of carbonyl (C=O) groups excluding carboxylic acids is 3. The first-order chi connectivity index (χ1) is 12.9. The maximum atomic E-state index is 12.7. The number of pyridine rings is 1. The van der Waals surface area contributed by atoms with Gasteiger partial charge >= 0.3 is 0 Å². The zero-order chi connectivity index (χ0) is 20.4. The molecule has 3 N–H and O–H groups in total. The molecule has 0 saturated carbocycles. The summed E-state index contributed by atoms with van der Waals surface area (Å²) >= 11 is 0. The van der Waals surface area contributed by atoms with Gasteiger partial charge in [-0.05, 0) is 12.5 Å². The van der Waals surface area contributed by atoms with Gasteiger partial charge in [-0.25, -0.2) is 15.9 Å². The Morgan fingerprint density at radius 1 is 1.30 bits per heavy atom. The number of unbranched alkanes of at least 4 members (excludes halogenated alkanes) is 2. The molecule has 0 fully saturated rings. The van der Waals surface area contributed by atoms with Crippen LogP contribution in [0.3, 0.4) is 0 Å². The van der Waals surface area contributed by atoms with Crippen molar-refractivity contribution in [1.82, 2.24) is 15.1 Å². The van der Waals surface area contributed by atoms with E-state index >= 15 is 0 Å². The van der Waals surface area contributed by atoms with E-state index in [-0.39, 0.29) is 30.3 Å². The van der Waals surface area contributed by atoms with Crippen molar-refractivity contribution in [3.63, 3.8) is 0 Å². The molecule has 1 aromatic heterocycles. The number of hydrazine groups is 1. The van der Waals surface area contributed by atoms with Crippen LogP contribution in [0.1, 0.15) is 43.0 Å². The molecule has 3 amide bonds. The van der Waals surface area contributed by atoms with Crippen LogP contribution in [-0.2, 0) is 9.59 Å². The molecule has 10 nitrogen and oxygen atoms in total. The normalized spacial score (nSPS) is 11.4. The van der Waals surface area contributed by atoms with Gasteiger partial charge in [0.25, 0.3) is 5.91 Å². The Balaban J connectivity index is 3.00. The molecule has 0 saturated heterocycles. The molecule has 0 spiro atoms. The molecule has 1 atom stereocenters. The molecule has 1 aromatic rings. The predicted molar refractivity (Wildman–Crippen MR) is 94.9 cm³/mol. The van der Waals surface area contributed by atoms with Crippen molar-refractivity contribution in [3.05, 3.63) is 17.7 Å². The molecule has 0 aliphatic heterocycles. The molecule has 0 aliphatic rings. The Kier molecular flexibility index (Phi) is 9.17. The number of methoxy groups -OCH3 is 2. The van der Waals surface area contributed by atoms with Gasteiger partial charge in [-0.2, -0.15) is 4.98 Å². The van der Waals surface area contributed by atoms with E-state index in [4.69, 9.17) is 15.3 Å². The maximum Gasteiger partial charge on any atom is 0.280 e. The van der Waals surface area contributed by atoms with Crippen LogP contribution in [0.4, 0.5) is 0 Å². The fourth-order valence-electron chi connectivity index (χ4n) is 2.48. The Morgan fingerprint density at radius 2 is 2.00 bits per heavy atom. The lowest BCUT2D eigenvalue weighted by molar-refractivity contribution is -0.156. The highest BCUT2D eigenvalue weighted by molar-refractivity contribution is 6.06. The summed E-state index contributed by atoms with van der Waals surface area (Å²) < 4.78 is 10.0. The zero-order valence-corrected chi connectivity index (χ0v) is 15.8. The molecule has 150 valence electrons. The summed E-state index contributed by atoms with van der Waals surface area (Å²) in [5.74, 6) is 3.58. The Labute approximate surface area is 157 Å². The second-order valence-corrected chi connectivity index (χ2v) is 5.84. The number of amides is 3. The highest BCUT2D eigenvalue weighted by Crippen LogP contribution is 2.22. The van der Waals surface area contributed by atoms with Crippen LogP contribution in [0.25, 0.3) is 0 Å². The quantitative estimate of drug-likeness (QED) is 0.144. The number of ether oxygens (including phenoxy) is 2. The number of hydrogen-bond acceptors (Lipinski definition) is 8. The molecule has 10 heteroatoms. The standard InChI is InChI=1S/C17H26N4O6/c1-4-5-6-7-12(10-20(25)11-22)16(23)21(18)17(24)13-8-9-14(26-2)19-15(13)27-3/h8-9,11-12,25H,4-7,10,18H2,1-3H3/t12-/m1/s1. The third kappa shape index (κ3) is 6.19. The van der Waals surface area contributed by atoms with Crippen molar-refractivity contribution in [2.75, 3.05) is 20.8 Å². The van der Waals surface area contributed by atoms with Crippen molar-refractivity contribution < 1.29 is 29.1 Å². The van der Waals surface area contributed by atoms with Crippen molar-refractivity contribution in [2.45, 2.75) is 32.6 Å². The molecule has 1 heterocycles. The molecule has 1 rings (SSSR count). The number of hydroxylamine groups is 2. The van der Waals surface area contributed by atoms with Gasteiger partial charge in [-0.15, -0.1) is 0 Å². The lowest BCUT2D eigenvalue weighted by Crippen LogP contribution is -2.48. The third-order valence-electron chi connectivity index (χ3n) is 3.96. The molecular formula is C17H26N4O6. The number of rotatable bonds is 11. The number of carbonyl (C=O) groups is 3. The zero-order valence-electron chi connectivity index (χ0n) is 15.8. The van der Waals surface area contributed by atoms with Gasteiger partial charge < -0.3 is 9.47 Å². The van der Waals surface area contributed by atoms with Crippen LogP contribution in [0.5, 0.6) is 11.8 Å². The molecule has 0 aliphatic carbocycles.